The summed E-state index contributed by atoms with van der Waals surface area (Å²) in [6.45, 7) is 11.0. The number of hydrogen-bond donors (Lipinski definition) is 1. The molecule has 1 atom stereocenters. The highest BCUT2D eigenvalue weighted by Gasteiger charge is 2.38. The highest BCUT2D eigenvalue weighted by atomic mass is 35.5. The van der Waals surface area contributed by atoms with Crippen molar-refractivity contribution in [2.24, 2.45) is 7.05 Å². The first-order chi connectivity index (χ1) is 27.8. The molecule has 1 N–H and O–H groups in total. The summed E-state index contributed by atoms with van der Waals surface area (Å²) in [6.07, 6.45) is 4.47. The predicted molar refractivity (Wildman–Crippen MR) is 229 cm³/mol. The maximum atomic E-state index is 15.4. The molecule has 0 saturated heterocycles. The number of ether oxygens (including phenoxy) is 2. The molecule has 5 heterocycles. The van der Waals surface area contributed by atoms with Crippen LogP contribution in [0.5, 0.6) is 11.5 Å². The number of aromatic nitrogens is 5. The second kappa shape index (κ2) is 15.2. The average Bonchev–Trinajstić information content (AvgIpc) is 3.83. The topological polar surface area (TPSA) is 117 Å². The summed E-state index contributed by atoms with van der Waals surface area (Å²) in [5.74, 6) is -0.160. The normalized spacial score (nSPS) is 14.1. The van der Waals surface area contributed by atoms with Crippen molar-refractivity contribution in [1.29, 1.82) is 0 Å². The monoisotopic (exact) mass is 818 g/mol. The van der Waals surface area contributed by atoms with E-state index >= 15 is 4.79 Å². The zero-order chi connectivity index (χ0) is 41.2. The van der Waals surface area contributed by atoms with Gasteiger partial charge < -0.3 is 28.6 Å². The number of rotatable bonds is 11. The van der Waals surface area contributed by atoms with Crippen molar-refractivity contribution in [2.75, 3.05) is 25.2 Å². The van der Waals surface area contributed by atoms with Crippen LogP contribution in [0.25, 0.3) is 32.9 Å². The van der Waals surface area contributed by atoms with Gasteiger partial charge in [0, 0.05) is 59.3 Å². The number of aryl methyl sites for hydroxylation is 5. The Balaban J connectivity index is 1.30. The number of halogens is 2. The number of carbonyl (C=O) groups excluding carboxylic acids is 1. The molecule has 1 amide bonds. The number of carboxylic acid groups (broad SMARTS) is 1. The number of hydrogen-bond acceptors (Lipinski definition) is 6. The van der Waals surface area contributed by atoms with Crippen LogP contribution in [0.4, 0.5) is 5.69 Å². The van der Waals surface area contributed by atoms with Crippen LogP contribution in [0, 0.1) is 27.7 Å². The van der Waals surface area contributed by atoms with Gasteiger partial charge in [0.25, 0.3) is 5.91 Å². The summed E-state index contributed by atoms with van der Waals surface area (Å²) in [6, 6.07) is 16.8. The molecule has 0 radical (unpaired) electrons. The number of carbonyl (C=O) groups is 2. The van der Waals surface area contributed by atoms with Crippen LogP contribution in [0.3, 0.4) is 0 Å². The number of anilines is 1. The van der Waals surface area contributed by atoms with Crippen LogP contribution < -0.4 is 14.4 Å². The molecule has 1 aliphatic rings. The lowest BCUT2D eigenvalue weighted by molar-refractivity contribution is 0.0698. The minimum atomic E-state index is -1.10. The number of methoxy groups -OCH3 is 1. The number of nitrogens with zero attached hydrogens (tertiary/aromatic N) is 6. The number of pyridine rings is 1. The molecule has 0 aliphatic carbocycles. The molecule has 1 unspecified atom stereocenters. The molecule has 0 spiro atoms. The molecule has 13 heteroatoms. The molecule has 58 heavy (non-hydrogen) atoms. The summed E-state index contributed by atoms with van der Waals surface area (Å²) >= 11 is 13.6. The van der Waals surface area contributed by atoms with E-state index in [4.69, 9.17) is 37.8 Å². The zero-order valence-corrected chi connectivity index (χ0v) is 35.0. The molecular formula is C45H44Cl2N6O5. The van der Waals surface area contributed by atoms with Crippen LogP contribution in [0.2, 0.25) is 10.0 Å². The van der Waals surface area contributed by atoms with Crippen molar-refractivity contribution in [3.8, 4) is 22.6 Å². The fraction of sp³-hybridized carbons (Fsp3) is 0.289. The highest BCUT2D eigenvalue weighted by Crippen LogP contribution is 2.46. The Labute approximate surface area is 346 Å². The maximum Gasteiger partial charge on any atom is 0.338 e. The van der Waals surface area contributed by atoms with Gasteiger partial charge in [0.1, 0.15) is 17.2 Å². The fourth-order valence-electron chi connectivity index (χ4n) is 8.68. The Morgan fingerprint density at radius 3 is 2.41 bits per heavy atom. The first kappa shape index (κ1) is 39.1. The van der Waals surface area contributed by atoms with Gasteiger partial charge >= 0.3 is 5.97 Å². The third-order valence-electron chi connectivity index (χ3n) is 11.3. The van der Waals surface area contributed by atoms with E-state index < -0.39 is 5.97 Å². The van der Waals surface area contributed by atoms with Crippen molar-refractivity contribution >= 4 is 62.6 Å². The smallest absolute Gasteiger partial charge is 0.338 e. The molecule has 0 bridgehead atoms. The Morgan fingerprint density at radius 2 is 1.76 bits per heavy atom. The van der Waals surface area contributed by atoms with Crippen LogP contribution >= 0.6 is 23.2 Å². The highest BCUT2D eigenvalue weighted by molar-refractivity contribution is 6.35. The molecule has 4 aromatic heterocycles. The van der Waals surface area contributed by atoms with Gasteiger partial charge in [0.15, 0.2) is 0 Å². The van der Waals surface area contributed by atoms with Crippen LogP contribution in [0.15, 0.2) is 67.0 Å². The molecule has 0 saturated carbocycles. The van der Waals surface area contributed by atoms with Crippen molar-refractivity contribution in [3.63, 3.8) is 0 Å². The summed E-state index contributed by atoms with van der Waals surface area (Å²) in [4.78, 5) is 34.5. The van der Waals surface area contributed by atoms with Crippen LogP contribution in [-0.2, 0) is 20.0 Å². The van der Waals surface area contributed by atoms with E-state index in [0.29, 0.717) is 59.0 Å². The summed E-state index contributed by atoms with van der Waals surface area (Å²) in [5.41, 5.74) is 9.77. The van der Waals surface area contributed by atoms with Crippen molar-refractivity contribution in [1.82, 2.24) is 23.9 Å². The largest absolute Gasteiger partial charge is 0.496 e. The van der Waals surface area contributed by atoms with E-state index in [9.17, 15) is 9.90 Å². The fourth-order valence-corrected chi connectivity index (χ4v) is 9.03. The van der Waals surface area contributed by atoms with E-state index in [1.165, 1.54) is 7.11 Å². The summed E-state index contributed by atoms with van der Waals surface area (Å²) < 4.78 is 17.9. The van der Waals surface area contributed by atoms with Gasteiger partial charge in [-0.3, -0.25) is 14.5 Å². The summed E-state index contributed by atoms with van der Waals surface area (Å²) in [5, 5.41) is 17.8. The van der Waals surface area contributed by atoms with Crippen molar-refractivity contribution in [3.05, 3.63) is 122 Å². The average molecular weight is 820 g/mol. The van der Waals surface area contributed by atoms with Gasteiger partial charge in [-0.05, 0) is 107 Å². The lowest BCUT2D eigenvalue weighted by Gasteiger charge is -2.35. The molecule has 1 aliphatic heterocycles. The molecule has 11 nitrogen and oxygen atoms in total. The van der Waals surface area contributed by atoms with E-state index in [0.717, 1.165) is 66.6 Å². The summed E-state index contributed by atoms with van der Waals surface area (Å²) in [7, 11) is 3.43. The third-order valence-corrected chi connectivity index (χ3v) is 12.2. The van der Waals surface area contributed by atoms with Gasteiger partial charge in [0.05, 0.1) is 64.3 Å². The first-order valence-electron chi connectivity index (χ1n) is 19.2. The van der Waals surface area contributed by atoms with Gasteiger partial charge in [-0.15, -0.1) is 0 Å². The lowest BCUT2D eigenvalue weighted by atomic mass is 9.98. The predicted octanol–water partition coefficient (Wildman–Crippen LogP) is 9.92. The van der Waals surface area contributed by atoms with Gasteiger partial charge in [-0.25, -0.2) is 4.79 Å². The zero-order valence-electron chi connectivity index (χ0n) is 33.5. The minimum Gasteiger partial charge on any atom is -0.496 e. The van der Waals surface area contributed by atoms with Crippen molar-refractivity contribution in [2.45, 2.75) is 60.0 Å². The van der Waals surface area contributed by atoms with Crippen LogP contribution in [0.1, 0.15) is 74.0 Å². The Kier molecular flexibility index (Phi) is 10.2. The number of benzene rings is 3. The molecule has 298 valence electrons. The van der Waals surface area contributed by atoms with E-state index in [1.54, 1.807) is 23.4 Å². The van der Waals surface area contributed by atoms with Crippen molar-refractivity contribution < 1.29 is 24.2 Å². The van der Waals surface area contributed by atoms with Gasteiger partial charge in [0.2, 0.25) is 0 Å². The lowest BCUT2D eigenvalue weighted by Crippen LogP contribution is -2.43. The molecule has 7 aromatic rings. The number of aromatic carboxylic acids is 1. The first-order valence-corrected chi connectivity index (χ1v) is 20.0. The van der Waals surface area contributed by atoms with E-state index in [-0.39, 0.29) is 24.1 Å². The molecule has 0 fully saturated rings. The standard InChI is InChI=1S/C45H44Cl2N6O5/c1-24-19-30(20-25(2)40(24)47)58-18-10-12-31-32-13-14-34(46)39(37-27(4)49-50(6)28(37)5)41(32)53-26(3)21-52(44(54)42(31)53)35-15-16-36(57-7)38-33(45(55)56)23-51(43(35)38)22-29-11-8-9-17-48-29/h8-9,11,13-17,19-20,23,26H,10,12,18,21-22H2,1-7H3,(H,55,56). The number of fused-ring (bicyclic) bond motifs is 4. The molecule has 8 rings (SSSR count). The van der Waals surface area contributed by atoms with Crippen LogP contribution in [-0.4, -0.2) is 61.1 Å². The van der Waals surface area contributed by atoms with Gasteiger partial charge in [-0.1, -0.05) is 35.3 Å². The minimum absolute atomic E-state index is 0.0736. The van der Waals surface area contributed by atoms with E-state index in [1.807, 2.05) is 92.5 Å². The molecular weight excluding hydrogens is 775 g/mol. The Hall–Kier alpha value is -5.78. The second-order valence-electron chi connectivity index (χ2n) is 15.1. The Bertz CT molecular complexity index is 2760. The number of carboxylic acids is 1. The van der Waals surface area contributed by atoms with E-state index in [2.05, 4.69) is 16.5 Å². The SMILES string of the molecule is COc1ccc(N2CC(C)n3c(c(CCCOc4cc(C)c(Cl)c(C)c4)c4ccc(Cl)c(-c5c(C)nn(C)c5C)c43)C2=O)c2c1c(C(=O)O)cn2Cc1ccccn1. The Morgan fingerprint density at radius 1 is 1.00 bits per heavy atom. The quantitative estimate of drug-likeness (QED) is 0.129. The molecule has 3 aromatic carbocycles. The number of amides is 1. The second-order valence-corrected chi connectivity index (χ2v) is 15.9. The third kappa shape index (κ3) is 6.46. The maximum absolute atomic E-state index is 15.4. The van der Waals surface area contributed by atoms with Gasteiger partial charge in [-0.2, -0.15) is 5.10 Å².